The van der Waals surface area contributed by atoms with Crippen LogP contribution in [0.25, 0.3) is 0 Å². The highest BCUT2D eigenvalue weighted by molar-refractivity contribution is 7.98. The molecule has 0 bridgehead atoms. The first-order valence-corrected chi connectivity index (χ1v) is 5.58. The highest BCUT2D eigenvalue weighted by Gasteiger charge is 2.16. The van der Waals surface area contributed by atoms with Gasteiger partial charge in [0.25, 0.3) is 0 Å². The summed E-state index contributed by atoms with van der Waals surface area (Å²) in [6.45, 7) is 4.27. The predicted molar refractivity (Wildman–Crippen MR) is 51.6 cm³/mol. The third kappa shape index (κ3) is 2.22. The number of rotatable bonds is 4. The van der Waals surface area contributed by atoms with E-state index < -0.39 is 0 Å². The molecule has 5 heteroatoms. The summed E-state index contributed by atoms with van der Waals surface area (Å²) in [6.07, 6.45) is 0. The number of thioether (sulfide) groups is 1. The normalized spacial score (nSPS) is 17.3. The summed E-state index contributed by atoms with van der Waals surface area (Å²) in [7, 11) is 0. The first-order chi connectivity index (χ1) is 6.36. The second kappa shape index (κ2) is 4.11. The van der Waals surface area contributed by atoms with E-state index in [1.54, 1.807) is 0 Å². The van der Waals surface area contributed by atoms with Crippen LogP contribution in [0, 0.1) is 12.8 Å². The summed E-state index contributed by atoms with van der Waals surface area (Å²) in [5.74, 6) is 2.98. The Hall–Kier alpha value is -0.550. The Morgan fingerprint density at radius 3 is 2.92 bits per heavy atom. The molecule has 0 aliphatic carbocycles. The highest BCUT2D eigenvalue weighted by atomic mass is 32.2. The zero-order chi connectivity index (χ0) is 9.10. The van der Waals surface area contributed by atoms with E-state index in [1.807, 2.05) is 18.7 Å². The second-order valence-electron chi connectivity index (χ2n) is 3.34. The van der Waals surface area contributed by atoms with Crippen LogP contribution in [0.1, 0.15) is 11.4 Å². The quantitative estimate of drug-likeness (QED) is 0.778. The maximum atomic E-state index is 4.62. The molecule has 0 radical (unpaired) electrons. The molecule has 2 rings (SSSR count). The van der Waals surface area contributed by atoms with E-state index in [0.29, 0.717) is 0 Å². The van der Waals surface area contributed by atoms with Crippen molar-refractivity contribution in [2.24, 2.45) is 5.92 Å². The van der Waals surface area contributed by atoms with Crippen molar-refractivity contribution in [3.63, 3.8) is 0 Å². The summed E-state index contributed by atoms with van der Waals surface area (Å²) in [6, 6.07) is 0. The Morgan fingerprint density at radius 2 is 2.38 bits per heavy atom. The summed E-state index contributed by atoms with van der Waals surface area (Å²) in [5, 5.41) is 10.8. The van der Waals surface area contributed by atoms with Crippen LogP contribution in [0.15, 0.2) is 4.63 Å². The van der Waals surface area contributed by atoms with Crippen molar-refractivity contribution < 1.29 is 4.63 Å². The van der Waals surface area contributed by atoms with Gasteiger partial charge in [0.1, 0.15) is 11.4 Å². The minimum absolute atomic E-state index is 0.852. The van der Waals surface area contributed by atoms with Crippen molar-refractivity contribution in [2.45, 2.75) is 12.7 Å². The van der Waals surface area contributed by atoms with Crippen LogP contribution in [0.2, 0.25) is 0 Å². The van der Waals surface area contributed by atoms with E-state index in [0.717, 1.165) is 23.1 Å². The maximum absolute atomic E-state index is 4.62. The molecule has 72 valence electrons. The van der Waals surface area contributed by atoms with E-state index in [9.17, 15) is 0 Å². The number of hydrogen-bond acceptors (Lipinski definition) is 5. The molecule has 0 saturated carbocycles. The van der Waals surface area contributed by atoms with Crippen molar-refractivity contribution in [2.75, 3.05) is 18.8 Å². The molecule has 1 aromatic rings. The average molecular weight is 199 g/mol. The number of hydrogen-bond donors (Lipinski definition) is 1. The smallest absolute Gasteiger partial charge is 0.117 e. The molecule has 0 atom stereocenters. The third-order valence-electron chi connectivity index (χ3n) is 2.20. The summed E-state index contributed by atoms with van der Waals surface area (Å²) >= 11 is 1.91. The fraction of sp³-hybridized carbons (Fsp3) is 0.750. The molecule has 4 nitrogen and oxygen atoms in total. The Kier molecular flexibility index (Phi) is 2.85. The second-order valence-corrected chi connectivity index (χ2v) is 4.37. The molecule has 0 spiro atoms. The molecule has 0 unspecified atom stereocenters. The molecule has 1 saturated heterocycles. The van der Waals surface area contributed by atoms with Gasteiger partial charge in [0.05, 0.1) is 0 Å². The Morgan fingerprint density at radius 1 is 1.54 bits per heavy atom. The van der Waals surface area contributed by atoms with Gasteiger partial charge in [0, 0.05) is 5.75 Å². The van der Waals surface area contributed by atoms with E-state index >= 15 is 0 Å². The molecule has 1 aliphatic rings. The van der Waals surface area contributed by atoms with Crippen LogP contribution in [0.4, 0.5) is 0 Å². The van der Waals surface area contributed by atoms with Gasteiger partial charge in [-0.05, 0) is 31.7 Å². The van der Waals surface area contributed by atoms with Gasteiger partial charge in [-0.3, -0.25) is 0 Å². The minimum atomic E-state index is 0.852. The van der Waals surface area contributed by atoms with Crippen molar-refractivity contribution in [1.29, 1.82) is 0 Å². The Bertz CT molecular complexity index is 272. The van der Waals surface area contributed by atoms with Gasteiger partial charge >= 0.3 is 0 Å². The zero-order valence-electron chi connectivity index (χ0n) is 7.62. The van der Waals surface area contributed by atoms with Gasteiger partial charge in [-0.25, -0.2) is 4.63 Å². The van der Waals surface area contributed by atoms with E-state index in [2.05, 4.69) is 20.3 Å². The molecule has 0 amide bonds. The van der Waals surface area contributed by atoms with Crippen LogP contribution < -0.4 is 5.32 Å². The van der Waals surface area contributed by atoms with Crippen LogP contribution >= 0.6 is 11.8 Å². The molecule has 0 aromatic carbocycles. The fourth-order valence-corrected chi connectivity index (χ4v) is 2.31. The summed E-state index contributed by atoms with van der Waals surface area (Å²) in [5.41, 5.74) is 1.90. The number of aryl methyl sites for hydroxylation is 1. The molecule has 1 fully saturated rings. The molecule has 1 aromatic heterocycles. The topological polar surface area (TPSA) is 51.0 Å². The van der Waals surface area contributed by atoms with Gasteiger partial charge in [-0.1, -0.05) is 10.3 Å². The van der Waals surface area contributed by atoms with Crippen LogP contribution in [0.5, 0.6) is 0 Å². The van der Waals surface area contributed by atoms with Crippen molar-refractivity contribution in [3.8, 4) is 0 Å². The van der Waals surface area contributed by atoms with Gasteiger partial charge in [0.2, 0.25) is 0 Å². The van der Waals surface area contributed by atoms with Crippen molar-refractivity contribution >= 4 is 11.8 Å². The highest BCUT2D eigenvalue weighted by Crippen LogP contribution is 2.17. The van der Waals surface area contributed by atoms with Gasteiger partial charge in [-0.15, -0.1) is 0 Å². The van der Waals surface area contributed by atoms with Crippen LogP contribution in [0.3, 0.4) is 0 Å². The monoisotopic (exact) mass is 199 g/mol. The SMILES string of the molecule is Cc1nonc1CSCC1CNC1. The van der Waals surface area contributed by atoms with Crippen LogP contribution in [-0.2, 0) is 5.75 Å². The number of nitrogens with one attached hydrogen (secondary N) is 1. The van der Waals surface area contributed by atoms with Crippen LogP contribution in [-0.4, -0.2) is 29.2 Å². The number of nitrogens with zero attached hydrogens (tertiary/aromatic N) is 2. The standard InChI is InChI=1S/C8H13N3OS/c1-6-8(11-12-10-6)5-13-4-7-2-9-3-7/h7,9H,2-5H2,1H3. The average Bonchev–Trinajstić information content (AvgIpc) is 2.42. The van der Waals surface area contributed by atoms with Gasteiger partial charge < -0.3 is 5.32 Å². The lowest BCUT2D eigenvalue weighted by molar-refractivity contribution is 0.302. The fourth-order valence-electron chi connectivity index (χ4n) is 1.17. The third-order valence-corrected chi connectivity index (χ3v) is 3.39. The zero-order valence-corrected chi connectivity index (χ0v) is 8.43. The van der Waals surface area contributed by atoms with E-state index in [-0.39, 0.29) is 0 Å². The first kappa shape index (κ1) is 9.02. The van der Waals surface area contributed by atoms with Crippen molar-refractivity contribution in [1.82, 2.24) is 15.6 Å². The van der Waals surface area contributed by atoms with Crippen molar-refractivity contribution in [3.05, 3.63) is 11.4 Å². The lowest BCUT2D eigenvalue weighted by Crippen LogP contribution is -2.43. The predicted octanol–water partition coefficient (Wildman–Crippen LogP) is 0.831. The van der Waals surface area contributed by atoms with Gasteiger partial charge in [-0.2, -0.15) is 11.8 Å². The molecule has 1 N–H and O–H groups in total. The Labute approximate surface area is 81.4 Å². The van der Waals surface area contributed by atoms with E-state index in [4.69, 9.17) is 0 Å². The summed E-state index contributed by atoms with van der Waals surface area (Å²) < 4.78 is 4.62. The Balaban J connectivity index is 1.70. The minimum Gasteiger partial charge on any atom is -0.316 e. The molecule has 1 aliphatic heterocycles. The lowest BCUT2D eigenvalue weighted by atomic mass is 10.1. The first-order valence-electron chi connectivity index (χ1n) is 4.43. The lowest BCUT2D eigenvalue weighted by Gasteiger charge is -2.26. The number of aromatic nitrogens is 2. The maximum Gasteiger partial charge on any atom is 0.117 e. The largest absolute Gasteiger partial charge is 0.316 e. The summed E-state index contributed by atoms with van der Waals surface area (Å²) in [4.78, 5) is 0. The molecular formula is C8H13N3OS. The molecule has 2 heterocycles. The van der Waals surface area contributed by atoms with E-state index in [1.165, 1.54) is 18.8 Å². The van der Waals surface area contributed by atoms with Gasteiger partial charge in [0.15, 0.2) is 0 Å². The molecule has 13 heavy (non-hydrogen) atoms. The molecular weight excluding hydrogens is 186 g/mol.